The summed E-state index contributed by atoms with van der Waals surface area (Å²) >= 11 is 0. The molecule has 178 valence electrons. The molecule has 0 aliphatic heterocycles. The Morgan fingerprint density at radius 1 is 0.594 bits per heavy atom. The highest BCUT2D eigenvalue weighted by molar-refractivity contribution is 5.55. The Hall–Kier alpha value is -1.90. The van der Waals surface area contributed by atoms with Gasteiger partial charge in [-0.3, -0.25) is 0 Å². The van der Waals surface area contributed by atoms with Crippen molar-refractivity contribution in [1.82, 2.24) is 9.97 Å². The van der Waals surface area contributed by atoms with Crippen LogP contribution in [-0.4, -0.2) is 16.6 Å². The maximum absolute atomic E-state index is 5.79. The van der Waals surface area contributed by atoms with Gasteiger partial charge in [-0.25, -0.2) is 9.97 Å². The van der Waals surface area contributed by atoms with E-state index in [1.54, 1.807) is 12.4 Å². The molecule has 0 amide bonds. The lowest BCUT2D eigenvalue weighted by Crippen LogP contribution is -1.99. The predicted octanol–water partition coefficient (Wildman–Crippen LogP) is 8.96. The minimum atomic E-state index is 0.752. The number of aromatic nitrogens is 2. The summed E-state index contributed by atoms with van der Waals surface area (Å²) in [6.07, 6.45) is 24.8. The summed E-state index contributed by atoms with van der Waals surface area (Å²) in [5.41, 5.74) is 2.49. The molecule has 1 aromatic heterocycles. The Morgan fingerprint density at radius 3 is 1.66 bits per heavy atom. The summed E-state index contributed by atoms with van der Waals surface area (Å²) in [6, 6.07) is 8.75. The number of nitrogens with zero attached hydrogens (tertiary/aromatic N) is 2. The molecule has 0 saturated heterocycles. The van der Waals surface area contributed by atoms with Crippen molar-refractivity contribution in [3.05, 3.63) is 42.2 Å². The fourth-order valence-electron chi connectivity index (χ4n) is 4.07. The molecule has 0 fully saturated rings. The van der Waals surface area contributed by atoms with Crippen LogP contribution in [0.15, 0.2) is 36.7 Å². The average Bonchev–Trinajstić information content (AvgIpc) is 2.83. The lowest BCUT2D eigenvalue weighted by Gasteiger charge is -2.07. The van der Waals surface area contributed by atoms with Crippen LogP contribution >= 0.6 is 0 Å². The van der Waals surface area contributed by atoms with Crippen molar-refractivity contribution >= 4 is 0 Å². The van der Waals surface area contributed by atoms with Crippen LogP contribution in [0.4, 0.5) is 0 Å². The summed E-state index contributed by atoms with van der Waals surface area (Å²) in [5, 5.41) is 0. The van der Waals surface area contributed by atoms with Crippen LogP contribution in [0, 0.1) is 0 Å². The summed E-state index contributed by atoms with van der Waals surface area (Å²) in [7, 11) is 0. The molecule has 3 nitrogen and oxygen atoms in total. The van der Waals surface area contributed by atoms with Gasteiger partial charge in [-0.05, 0) is 24.8 Å². The van der Waals surface area contributed by atoms with Crippen molar-refractivity contribution in [2.45, 2.75) is 117 Å². The molecular weight excluding hydrogens is 392 g/mol. The molecule has 0 aliphatic rings. The van der Waals surface area contributed by atoms with Crippen molar-refractivity contribution in [2.24, 2.45) is 0 Å². The quantitative estimate of drug-likeness (QED) is 0.205. The van der Waals surface area contributed by atoms with E-state index in [1.807, 2.05) is 0 Å². The van der Waals surface area contributed by atoms with Crippen molar-refractivity contribution in [1.29, 1.82) is 0 Å². The second-order valence-electron chi connectivity index (χ2n) is 9.13. The molecule has 0 aliphatic carbocycles. The van der Waals surface area contributed by atoms with Crippen LogP contribution in [-0.2, 0) is 6.42 Å². The monoisotopic (exact) mass is 438 g/mol. The lowest BCUT2D eigenvalue weighted by molar-refractivity contribution is 0.302. The third-order valence-corrected chi connectivity index (χ3v) is 6.18. The second kappa shape index (κ2) is 17.6. The molecule has 0 bridgehead atoms. The van der Waals surface area contributed by atoms with Gasteiger partial charge < -0.3 is 4.74 Å². The summed E-state index contributed by atoms with van der Waals surface area (Å²) in [5.74, 6) is 1.54. The van der Waals surface area contributed by atoms with E-state index in [-0.39, 0.29) is 0 Å². The molecule has 0 unspecified atom stereocenters. The minimum absolute atomic E-state index is 0.752. The van der Waals surface area contributed by atoms with Gasteiger partial charge in [0, 0.05) is 5.56 Å². The van der Waals surface area contributed by atoms with Gasteiger partial charge in [0.1, 0.15) is 0 Å². The maximum atomic E-state index is 5.79. The van der Waals surface area contributed by atoms with Gasteiger partial charge in [-0.1, -0.05) is 122 Å². The molecule has 0 N–H and O–H groups in total. The zero-order valence-corrected chi connectivity index (χ0v) is 20.8. The first kappa shape index (κ1) is 26.4. The van der Waals surface area contributed by atoms with Crippen LogP contribution in [0.2, 0.25) is 0 Å². The fourth-order valence-corrected chi connectivity index (χ4v) is 4.07. The zero-order chi connectivity index (χ0) is 22.7. The van der Waals surface area contributed by atoms with Crippen LogP contribution in [0.5, 0.6) is 5.75 Å². The Morgan fingerprint density at radius 2 is 1.09 bits per heavy atom. The average molecular weight is 439 g/mol. The molecule has 2 aromatic rings. The summed E-state index contributed by atoms with van der Waals surface area (Å²) in [6.45, 7) is 5.28. The third-order valence-electron chi connectivity index (χ3n) is 6.18. The number of hydrogen-bond acceptors (Lipinski definition) is 3. The molecule has 2 rings (SSSR count). The molecule has 0 saturated carbocycles. The predicted molar refractivity (Wildman–Crippen MR) is 137 cm³/mol. The molecule has 0 radical (unpaired) electrons. The summed E-state index contributed by atoms with van der Waals surface area (Å²) < 4.78 is 5.79. The molecule has 3 heteroatoms. The van der Waals surface area contributed by atoms with E-state index in [0.717, 1.165) is 30.2 Å². The van der Waals surface area contributed by atoms with Gasteiger partial charge in [-0.2, -0.15) is 0 Å². The number of ether oxygens (including phenoxy) is 1. The first-order chi connectivity index (χ1) is 15.8. The topological polar surface area (TPSA) is 35.0 Å². The lowest BCUT2D eigenvalue weighted by atomic mass is 10.0. The standard InChI is InChI=1S/C29H46N2O/c1-3-5-7-9-11-12-13-14-16-18-26-19-21-27(22-20-26)29-30-24-28(25-31-29)32-23-17-15-10-8-6-4-2/h19-22,24-25H,3-18,23H2,1-2H3. The van der Waals surface area contributed by atoms with Gasteiger partial charge in [0.15, 0.2) is 11.6 Å². The fraction of sp³-hybridized carbons (Fsp3) is 0.655. The Bertz CT molecular complexity index is 681. The SMILES string of the molecule is CCCCCCCCCCCc1ccc(-c2ncc(OCCCCCCCC)cn2)cc1. The Kier molecular flexibility index (Phi) is 14.5. The molecule has 32 heavy (non-hydrogen) atoms. The maximum Gasteiger partial charge on any atom is 0.159 e. The summed E-state index contributed by atoms with van der Waals surface area (Å²) in [4.78, 5) is 9.01. The Labute approximate surface area is 197 Å². The van der Waals surface area contributed by atoms with Gasteiger partial charge in [-0.15, -0.1) is 0 Å². The van der Waals surface area contributed by atoms with Crippen LogP contribution < -0.4 is 4.74 Å². The highest BCUT2D eigenvalue weighted by Crippen LogP contribution is 2.19. The first-order valence-electron chi connectivity index (χ1n) is 13.4. The smallest absolute Gasteiger partial charge is 0.159 e. The van der Waals surface area contributed by atoms with Crippen LogP contribution in [0.3, 0.4) is 0 Å². The number of hydrogen-bond donors (Lipinski definition) is 0. The van der Waals surface area contributed by atoms with Crippen molar-refractivity contribution < 1.29 is 4.74 Å². The largest absolute Gasteiger partial charge is 0.490 e. The van der Waals surface area contributed by atoms with Crippen molar-refractivity contribution in [3.8, 4) is 17.1 Å². The van der Waals surface area contributed by atoms with Gasteiger partial charge in [0.25, 0.3) is 0 Å². The molecule has 0 atom stereocenters. The second-order valence-corrected chi connectivity index (χ2v) is 9.13. The molecular formula is C29H46N2O. The van der Waals surface area contributed by atoms with E-state index < -0.39 is 0 Å². The van der Waals surface area contributed by atoms with E-state index in [1.165, 1.54) is 102 Å². The number of unbranched alkanes of at least 4 members (excludes halogenated alkanes) is 13. The van der Waals surface area contributed by atoms with Crippen molar-refractivity contribution in [2.75, 3.05) is 6.61 Å². The van der Waals surface area contributed by atoms with E-state index >= 15 is 0 Å². The molecule has 1 aromatic carbocycles. The van der Waals surface area contributed by atoms with E-state index in [2.05, 4.69) is 48.1 Å². The van der Waals surface area contributed by atoms with Gasteiger partial charge >= 0.3 is 0 Å². The zero-order valence-electron chi connectivity index (χ0n) is 20.8. The van der Waals surface area contributed by atoms with Gasteiger partial charge in [0.05, 0.1) is 19.0 Å². The minimum Gasteiger partial charge on any atom is -0.490 e. The molecule has 0 spiro atoms. The van der Waals surface area contributed by atoms with Crippen LogP contribution in [0.25, 0.3) is 11.4 Å². The number of benzene rings is 1. The van der Waals surface area contributed by atoms with Crippen molar-refractivity contribution in [3.63, 3.8) is 0 Å². The van der Waals surface area contributed by atoms with E-state index in [4.69, 9.17) is 4.74 Å². The first-order valence-corrected chi connectivity index (χ1v) is 13.4. The molecule has 1 heterocycles. The highest BCUT2D eigenvalue weighted by atomic mass is 16.5. The van der Waals surface area contributed by atoms with Gasteiger partial charge in [0.2, 0.25) is 0 Å². The van der Waals surface area contributed by atoms with E-state index in [9.17, 15) is 0 Å². The van der Waals surface area contributed by atoms with Crippen LogP contribution in [0.1, 0.15) is 116 Å². The third kappa shape index (κ3) is 11.6. The highest BCUT2D eigenvalue weighted by Gasteiger charge is 2.03. The van der Waals surface area contributed by atoms with E-state index in [0.29, 0.717) is 0 Å². The number of rotatable bonds is 19. The Balaban J connectivity index is 1.60. The number of aryl methyl sites for hydroxylation is 1. The normalized spacial score (nSPS) is 11.1.